The fourth-order valence-corrected chi connectivity index (χ4v) is 14.8. The maximum Gasteiger partial charge on any atom is 0.261 e. The summed E-state index contributed by atoms with van der Waals surface area (Å²) < 4.78 is 0. The van der Waals surface area contributed by atoms with E-state index >= 15 is 0 Å². The number of nitrogens with zero attached hydrogens (tertiary/aromatic N) is 2. The average Bonchev–Trinajstić information content (AvgIpc) is 3.79. The van der Waals surface area contributed by atoms with Crippen LogP contribution in [0.5, 0.6) is 0 Å². The molecule has 0 bridgehead atoms. The van der Waals surface area contributed by atoms with E-state index < -0.39 is 0 Å². The van der Waals surface area contributed by atoms with Gasteiger partial charge < -0.3 is 0 Å². The fourth-order valence-electron chi connectivity index (χ4n) is 14.8. The van der Waals surface area contributed by atoms with Crippen molar-refractivity contribution in [1.29, 1.82) is 0 Å². The van der Waals surface area contributed by atoms with Gasteiger partial charge >= 0.3 is 0 Å². The molecule has 0 aromatic heterocycles. The molecule has 380 valence electrons. The Labute approximate surface area is 455 Å². The molecule has 4 amide bonds. The topological polar surface area (TPSA) is 74.8 Å². The lowest BCUT2D eigenvalue weighted by atomic mass is 9.67. The number of carbonyl (C=O) groups excluding carboxylic acids is 4. The Kier molecular flexibility index (Phi) is 9.91. The van der Waals surface area contributed by atoms with Crippen molar-refractivity contribution in [2.24, 2.45) is 23.7 Å². The van der Waals surface area contributed by atoms with Crippen LogP contribution in [-0.4, -0.2) is 23.6 Å². The van der Waals surface area contributed by atoms with Crippen molar-refractivity contribution in [3.63, 3.8) is 0 Å². The highest BCUT2D eigenvalue weighted by molar-refractivity contribution is 6.32. The van der Waals surface area contributed by atoms with Crippen molar-refractivity contribution in [3.8, 4) is 0 Å². The van der Waals surface area contributed by atoms with E-state index in [1.54, 1.807) is 0 Å². The third-order valence-corrected chi connectivity index (χ3v) is 18.5. The molecular formula is C72H58N2O4. The molecule has 0 N–H and O–H groups in total. The highest BCUT2D eigenvalue weighted by Crippen LogP contribution is 2.61. The number of amides is 4. The smallest absolute Gasteiger partial charge is 0.261 e. The van der Waals surface area contributed by atoms with Gasteiger partial charge in [0.15, 0.2) is 0 Å². The zero-order valence-corrected chi connectivity index (χ0v) is 45.2. The van der Waals surface area contributed by atoms with Gasteiger partial charge in [-0.3, -0.25) is 19.2 Å². The zero-order chi connectivity index (χ0) is 53.5. The number of piperidine rings is 2. The van der Waals surface area contributed by atoms with Gasteiger partial charge in [0.05, 0.1) is 11.4 Å². The van der Waals surface area contributed by atoms with E-state index in [9.17, 15) is 19.2 Å². The van der Waals surface area contributed by atoms with Gasteiger partial charge in [0.25, 0.3) is 23.6 Å². The molecular weight excluding hydrogens is 957 g/mol. The van der Waals surface area contributed by atoms with Crippen LogP contribution in [0.4, 0.5) is 11.4 Å². The molecule has 6 aromatic rings. The fraction of sp³-hybridized carbons (Fsp3) is 0.222. The Hall–Kier alpha value is -8.48. The lowest BCUT2D eigenvalue weighted by molar-refractivity contribution is -0.126. The standard InChI is InChI=1S/C72H58N2O4/c1-35(2)47-11-9-12-48(36(3)4)67(47)73-69(75)55-23-19-51-59-31-43-27-39-15-17-41-29-45-33-61-53-21-25-57-66-58(72(78)74(71(57)77)68-49(37(5)6)13-10-14-50(68)38(7)8)26-22-54(64(53)66)62(61)34-46(45)30-42(41)18-16-40(39)28-44(43)32-60(59)52-20-24-56(70(73)76)65(55)63(51)52/h9-38,63-66H,1-8H3. The number of benzene rings is 6. The quantitative estimate of drug-likeness (QED) is 0.156. The number of carbonyl (C=O) groups is 4. The minimum absolute atomic E-state index is 0.108. The summed E-state index contributed by atoms with van der Waals surface area (Å²) >= 11 is 0. The summed E-state index contributed by atoms with van der Waals surface area (Å²) in [5, 5.41) is 4.55. The van der Waals surface area contributed by atoms with Crippen LogP contribution in [0.2, 0.25) is 0 Å². The summed E-state index contributed by atoms with van der Waals surface area (Å²) in [6, 6.07) is 30.7. The van der Waals surface area contributed by atoms with Crippen molar-refractivity contribution in [2.75, 3.05) is 9.80 Å². The first-order valence-corrected chi connectivity index (χ1v) is 28.0. The maximum atomic E-state index is 14.8. The Morgan fingerprint density at radius 1 is 0.308 bits per heavy atom. The molecule has 2 aliphatic heterocycles. The van der Waals surface area contributed by atoms with Crippen molar-refractivity contribution >= 4 is 103 Å². The third kappa shape index (κ3) is 6.31. The molecule has 0 unspecified atom stereocenters. The lowest BCUT2D eigenvalue weighted by Gasteiger charge is -2.42. The number of allylic oxidation sites excluding steroid dienone is 12. The lowest BCUT2D eigenvalue weighted by Crippen LogP contribution is -2.50. The summed E-state index contributed by atoms with van der Waals surface area (Å²) in [7, 11) is 0. The van der Waals surface area contributed by atoms with Gasteiger partial charge in [0, 0.05) is 46.0 Å². The number of fused-ring (bicyclic) bond motifs is 10. The van der Waals surface area contributed by atoms with E-state index in [2.05, 4.69) is 177 Å². The van der Waals surface area contributed by atoms with Gasteiger partial charge in [-0.05, 0) is 183 Å². The summed E-state index contributed by atoms with van der Waals surface area (Å²) in [5.74, 6) is -1.22. The molecule has 0 saturated carbocycles. The largest absolute Gasteiger partial charge is 0.269 e. The normalized spacial score (nSPS) is 21.8. The van der Waals surface area contributed by atoms with Crippen molar-refractivity contribution in [3.05, 3.63) is 223 Å². The van der Waals surface area contributed by atoms with Gasteiger partial charge in [0.2, 0.25) is 0 Å². The number of anilines is 2. The Bertz CT molecular complexity index is 3730. The Morgan fingerprint density at radius 2 is 0.526 bits per heavy atom. The van der Waals surface area contributed by atoms with Crippen LogP contribution >= 0.6 is 0 Å². The molecule has 6 aromatic carbocycles. The molecule has 0 atom stereocenters. The van der Waals surface area contributed by atoms with Crippen molar-refractivity contribution < 1.29 is 19.2 Å². The van der Waals surface area contributed by atoms with E-state index in [0.717, 1.165) is 122 Å². The molecule has 7 aliphatic carbocycles. The molecule has 2 heterocycles. The second kappa shape index (κ2) is 16.5. The highest BCUT2D eigenvalue weighted by Gasteiger charge is 2.54. The van der Waals surface area contributed by atoms with E-state index in [1.807, 2.05) is 36.4 Å². The van der Waals surface area contributed by atoms with Crippen LogP contribution in [0.15, 0.2) is 156 Å². The van der Waals surface area contributed by atoms with Crippen molar-refractivity contribution in [1.82, 2.24) is 0 Å². The van der Waals surface area contributed by atoms with Gasteiger partial charge in [-0.1, -0.05) is 165 Å². The Balaban J connectivity index is 0.773. The van der Waals surface area contributed by atoms with Crippen LogP contribution in [0.25, 0.3) is 68.1 Å². The molecule has 6 heteroatoms. The van der Waals surface area contributed by atoms with E-state index in [1.165, 1.54) is 9.80 Å². The van der Waals surface area contributed by atoms with Crippen LogP contribution in [-0.2, 0) is 19.2 Å². The van der Waals surface area contributed by atoms with E-state index in [0.29, 0.717) is 22.3 Å². The molecule has 0 radical (unpaired) electrons. The van der Waals surface area contributed by atoms with E-state index in [-0.39, 0.29) is 71.0 Å². The number of para-hydroxylation sites is 2. The summed E-state index contributed by atoms with van der Waals surface area (Å²) in [5.41, 5.74) is 22.0. The summed E-state index contributed by atoms with van der Waals surface area (Å²) in [6.07, 6.45) is 25.5. The predicted octanol–water partition coefficient (Wildman–Crippen LogP) is 16.1. The SMILES string of the molecule is CC(C)c1cccc(C(C)C)c1N1C(=O)C2=CC=C3c4cc5cc6c(cc5cc4C4=CC=C(C1=O)C2C34)C=Cc1cc2cc3c(cc2cc1C=C6)C1=CC=C2C(=O)N(c4c(C(C)C)cccc4C(C)C)C(=O)C4=CC=C3C1C24. The zero-order valence-electron chi connectivity index (χ0n) is 45.2. The minimum atomic E-state index is -0.335. The number of rotatable bonds is 6. The Morgan fingerprint density at radius 3 is 0.756 bits per heavy atom. The average molecular weight is 1020 g/mol. The second-order valence-electron chi connectivity index (χ2n) is 24.1. The van der Waals surface area contributed by atoms with Gasteiger partial charge in [-0.25, -0.2) is 9.80 Å². The number of imide groups is 2. The van der Waals surface area contributed by atoms with Gasteiger partial charge in [-0.2, -0.15) is 0 Å². The van der Waals surface area contributed by atoms with Gasteiger partial charge in [0.1, 0.15) is 0 Å². The van der Waals surface area contributed by atoms with Crippen molar-refractivity contribution in [2.45, 2.75) is 79.1 Å². The van der Waals surface area contributed by atoms with Crippen LogP contribution in [0, 0.1) is 23.7 Å². The molecule has 2 saturated heterocycles. The van der Waals surface area contributed by atoms with E-state index in [4.69, 9.17) is 0 Å². The van der Waals surface area contributed by atoms with Crippen LogP contribution in [0.3, 0.4) is 0 Å². The molecule has 78 heavy (non-hydrogen) atoms. The maximum absolute atomic E-state index is 14.8. The number of hydrogen-bond donors (Lipinski definition) is 0. The first kappa shape index (κ1) is 46.8. The highest BCUT2D eigenvalue weighted by atomic mass is 16.2. The molecule has 9 aliphatic rings. The molecule has 2 fully saturated rings. The predicted molar refractivity (Wildman–Crippen MR) is 318 cm³/mol. The second-order valence-corrected chi connectivity index (χ2v) is 24.1. The van der Waals surface area contributed by atoms with Gasteiger partial charge in [-0.15, -0.1) is 0 Å². The minimum Gasteiger partial charge on any atom is -0.269 e. The molecule has 6 nitrogen and oxygen atoms in total. The third-order valence-electron chi connectivity index (χ3n) is 18.5. The van der Waals surface area contributed by atoms with Crippen LogP contribution in [0.1, 0.15) is 146 Å². The molecule has 0 spiro atoms. The first-order chi connectivity index (χ1) is 37.7. The first-order valence-electron chi connectivity index (χ1n) is 28.0. The number of hydrogen-bond acceptors (Lipinski definition) is 4. The summed E-state index contributed by atoms with van der Waals surface area (Å²) in [6.45, 7) is 17.0. The molecule has 15 rings (SSSR count). The summed E-state index contributed by atoms with van der Waals surface area (Å²) in [4.78, 5) is 62.1. The van der Waals surface area contributed by atoms with Crippen LogP contribution < -0.4 is 9.80 Å². The monoisotopic (exact) mass is 1010 g/mol.